The molecule has 2 aromatic heterocycles. The summed E-state index contributed by atoms with van der Waals surface area (Å²) in [5.74, 6) is 1.45. The van der Waals surface area contributed by atoms with Gasteiger partial charge in [-0.15, -0.1) is 11.3 Å². The Kier molecular flexibility index (Phi) is 6.04. The molecule has 1 aliphatic heterocycles. The Morgan fingerprint density at radius 2 is 2.04 bits per heavy atom. The van der Waals surface area contributed by atoms with Gasteiger partial charge in [0.2, 0.25) is 17.6 Å². The van der Waals surface area contributed by atoms with Crippen LogP contribution in [0.1, 0.15) is 17.9 Å². The van der Waals surface area contributed by atoms with Crippen LogP contribution in [0.4, 0.5) is 0 Å². The van der Waals surface area contributed by atoms with Crippen molar-refractivity contribution in [2.24, 2.45) is 0 Å². The van der Waals surface area contributed by atoms with Crippen LogP contribution in [0.5, 0.6) is 0 Å². The fourth-order valence-corrected chi connectivity index (χ4v) is 4.14. The molecule has 0 unspecified atom stereocenters. The molecule has 0 aliphatic carbocycles. The van der Waals surface area contributed by atoms with E-state index in [0.717, 1.165) is 36.6 Å². The van der Waals surface area contributed by atoms with Crippen molar-refractivity contribution < 1.29 is 9.32 Å². The Balaban J connectivity index is 1.23. The number of thiophene rings is 1. The second kappa shape index (κ2) is 8.86. The molecule has 3 heterocycles. The minimum Gasteiger partial charge on any atom is -0.340 e. The summed E-state index contributed by atoms with van der Waals surface area (Å²) in [5.41, 5.74) is 1.09. The summed E-state index contributed by atoms with van der Waals surface area (Å²) in [6, 6.07) is 11.6. The monoisotopic (exact) mass is 416 g/mol. The van der Waals surface area contributed by atoms with Crippen LogP contribution in [-0.2, 0) is 17.8 Å². The van der Waals surface area contributed by atoms with Gasteiger partial charge in [-0.05, 0) is 35.6 Å². The number of benzene rings is 1. The highest BCUT2D eigenvalue weighted by atomic mass is 35.5. The number of halogens is 1. The first kappa shape index (κ1) is 19.1. The van der Waals surface area contributed by atoms with Crippen molar-refractivity contribution in [2.75, 3.05) is 26.2 Å². The van der Waals surface area contributed by atoms with E-state index in [9.17, 15) is 4.79 Å². The number of hydrogen-bond acceptors (Lipinski definition) is 6. The SMILES string of the molecule is O=C(CCc1cccc(Cl)c1)N1CCN(Cc2nc(-c3cccs3)no2)CC1. The van der Waals surface area contributed by atoms with Crippen LogP contribution in [-0.4, -0.2) is 52.0 Å². The summed E-state index contributed by atoms with van der Waals surface area (Å²) in [4.78, 5) is 22.1. The molecule has 8 heteroatoms. The van der Waals surface area contributed by atoms with E-state index in [1.54, 1.807) is 11.3 Å². The smallest absolute Gasteiger partial charge is 0.241 e. The average Bonchev–Trinajstić information content (AvgIpc) is 3.38. The predicted octanol–water partition coefficient (Wildman–Crippen LogP) is 3.73. The van der Waals surface area contributed by atoms with Gasteiger partial charge < -0.3 is 9.42 Å². The molecule has 3 aromatic rings. The molecular weight excluding hydrogens is 396 g/mol. The standard InChI is InChI=1S/C20H21ClN4O2S/c21-16-4-1-3-15(13-16)6-7-19(26)25-10-8-24(9-11-25)14-18-22-20(23-27-18)17-5-2-12-28-17/h1-5,12-13H,6-11,14H2. The largest absolute Gasteiger partial charge is 0.340 e. The number of amides is 1. The summed E-state index contributed by atoms with van der Waals surface area (Å²) in [6.45, 7) is 3.67. The zero-order chi connectivity index (χ0) is 19.3. The van der Waals surface area contributed by atoms with Gasteiger partial charge in [0.1, 0.15) is 0 Å². The van der Waals surface area contributed by atoms with Crippen molar-refractivity contribution in [3.8, 4) is 10.7 Å². The lowest BCUT2D eigenvalue weighted by Crippen LogP contribution is -2.48. The molecule has 1 saturated heterocycles. The third-order valence-corrected chi connectivity index (χ3v) is 5.91. The van der Waals surface area contributed by atoms with Crippen molar-refractivity contribution >= 4 is 28.8 Å². The molecule has 28 heavy (non-hydrogen) atoms. The topological polar surface area (TPSA) is 62.5 Å². The number of carbonyl (C=O) groups excluding carboxylic acids is 1. The average molecular weight is 417 g/mol. The number of piperazine rings is 1. The van der Waals surface area contributed by atoms with Crippen LogP contribution in [0, 0.1) is 0 Å². The van der Waals surface area contributed by atoms with E-state index >= 15 is 0 Å². The summed E-state index contributed by atoms with van der Waals surface area (Å²) in [5, 5.41) is 6.75. The van der Waals surface area contributed by atoms with E-state index < -0.39 is 0 Å². The van der Waals surface area contributed by atoms with Crippen molar-refractivity contribution in [1.29, 1.82) is 0 Å². The van der Waals surface area contributed by atoms with Crippen LogP contribution in [0.15, 0.2) is 46.3 Å². The number of aromatic nitrogens is 2. The summed E-state index contributed by atoms with van der Waals surface area (Å²) >= 11 is 7.60. The van der Waals surface area contributed by atoms with Gasteiger partial charge in [0, 0.05) is 37.6 Å². The number of aryl methyl sites for hydroxylation is 1. The summed E-state index contributed by atoms with van der Waals surface area (Å²) in [6.07, 6.45) is 1.22. The van der Waals surface area contributed by atoms with Gasteiger partial charge in [-0.1, -0.05) is 35.0 Å². The van der Waals surface area contributed by atoms with Gasteiger partial charge in [-0.25, -0.2) is 0 Å². The third kappa shape index (κ3) is 4.79. The van der Waals surface area contributed by atoms with Crippen LogP contribution in [0.3, 0.4) is 0 Å². The third-order valence-electron chi connectivity index (χ3n) is 4.81. The Hall–Kier alpha value is -2.22. The number of rotatable bonds is 6. The molecule has 1 amide bonds. The molecule has 0 atom stereocenters. The Bertz CT molecular complexity index is 920. The normalized spacial score (nSPS) is 15.1. The zero-order valence-electron chi connectivity index (χ0n) is 15.4. The summed E-state index contributed by atoms with van der Waals surface area (Å²) in [7, 11) is 0. The fourth-order valence-electron chi connectivity index (χ4n) is 3.27. The maximum Gasteiger partial charge on any atom is 0.241 e. The molecule has 0 N–H and O–H groups in total. The molecule has 4 rings (SSSR count). The lowest BCUT2D eigenvalue weighted by atomic mass is 10.1. The van der Waals surface area contributed by atoms with Gasteiger partial charge in [0.15, 0.2) is 0 Å². The Morgan fingerprint density at radius 1 is 1.18 bits per heavy atom. The molecule has 1 fully saturated rings. The molecule has 1 aromatic carbocycles. The minimum absolute atomic E-state index is 0.192. The maximum absolute atomic E-state index is 12.5. The van der Waals surface area contributed by atoms with E-state index in [4.69, 9.17) is 16.1 Å². The molecule has 0 saturated carbocycles. The number of nitrogens with zero attached hydrogens (tertiary/aromatic N) is 4. The van der Waals surface area contributed by atoms with E-state index in [1.807, 2.05) is 46.7 Å². The lowest BCUT2D eigenvalue weighted by molar-refractivity contribution is -0.133. The van der Waals surface area contributed by atoms with Crippen LogP contribution >= 0.6 is 22.9 Å². The summed E-state index contributed by atoms with van der Waals surface area (Å²) < 4.78 is 5.38. The van der Waals surface area contributed by atoms with Gasteiger partial charge in [-0.3, -0.25) is 9.69 Å². The highest BCUT2D eigenvalue weighted by molar-refractivity contribution is 7.13. The molecule has 1 aliphatic rings. The Labute approximate surface area is 172 Å². The number of hydrogen-bond donors (Lipinski definition) is 0. The highest BCUT2D eigenvalue weighted by Gasteiger charge is 2.22. The van der Waals surface area contributed by atoms with Crippen molar-refractivity contribution in [3.05, 3.63) is 58.3 Å². The van der Waals surface area contributed by atoms with Crippen LogP contribution < -0.4 is 0 Å². The predicted molar refractivity (Wildman–Crippen MR) is 109 cm³/mol. The quantitative estimate of drug-likeness (QED) is 0.612. The number of carbonyl (C=O) groups is 1. The fraction of sp³-hybridized carbons (Fsp3) is 0.350. The molecule has 146 valence electrons. The first-order valence-electron chi connectivity index (χ1n) is 9.28. The second-order valence-corrected chi connectivity index (χ2v) is 8.16. The van der Waals surface area contributed by atoms with Crippen molar-refractivity contribution in [3.63, 3.8) is 0 Å². The van der Waals surface area contributed by atoms with Crippen molar-refractivity contribution in [2.45, 2.75) is 19.4 Å². The van der Waals surface area contributed by atoms with Gasteiger partial charge in [-0.2, -0.15) is 4.98 Å². The lowest BCUT2D eigenvalue weighted by Gasteiger charge is -2.34. The van der Waals surface area contributed by atoms with E-state index in [2.05, 4.69) is 15.0 Å². The van der Waals surface area contributed by atoms with Crippen LogP contribution in [0.25, 0.3) is 10.7 Å². The highest BCUT2D eigenvalue weighted by Crippen LogP contribution is 2.22. The van der Waals surface area contributed by atoms with E-state index in [0.29, 0.717) is 36.1 Å². The molecule has 0 radical (unpaired) electrons. The molecule has 6 nitrogen and oxygen atoms in total. The van der Waals surface area contributed by atoms with Gasteiger partial charge in [0.05, 0.1) is 11.4 Å². The molecule has 0 spiro atoms. The molecule has 0 bridgehead atoms. The first-order valence-corrected chi connectivity index (χ1v) is 10.5. The first-order chi connectivity index (χ1) is 13.7. The zero-order valence-corrected chi connectivity index (χ0v) is 17.0. The second-order valence-electron chi connectivity index (χ2n) is 6.78. The van der Waals surface area contributed by atoms with Gasteiger partial charge in [0.25, 0.3) is 0 Å². The van der Waals surface area contributed by atoms with Crippen LogP contribution in [0.2, 0.25) is 5.02 Å². The van der Waals surface area contributed by atoms with E-state index in [-0.39, 0.29) is 5.91 Å². The Morgan fingerprint density at radius 3 is 2.79 bits per heavy atom. The minimum atomic E-state index is 0.192. The van der Waals surface area contributed by atoms with Crippen molar-refractivity contribution in [1.82, 2.24) is 19.9 Å². The van der Waals surface area contributed by atoms with E-state index in [1.165, 1.54) is 0 Å². The molecular formula is C20H21ClN4O2S. The maximum atomic E-state index is 12.5. The van der Waals surface area contributed by atoms with Gasteiger partial charge >= 0.3 is 0 Å².